The third kappa shape index (κ3) is 6.28. The van der Waals surface area contributed by atoms with Crippen molar-refractivity contribution in [2.24, 2.45) is 16.7 Å². The van der Waals surface area contributed by atoms with Crippen molar-refractivity contribution in [3.63, 3.8) is 0 Å². The Morgan fingerprint density at radius 3 is 2.18 bits per heavy atom. The zero-order chi connectivity index (χ0) is 37.2. The van der Waals surface area contributed by atoms with Gasteiger partial charge in [-0.1, -0.05) is 66.8 Å². The number of benzene rings is 1. The van der Waals surface area contributed by atoms with Crippen LogP contribution in [0.1, 0.15) is 64.7 Å². The van der Waals surface area contributed by atoms with Crippen LogP contribution in [0.5, 0.6) is 0 Å². The maximum atomic E-state index is 15.4. The summed E-state index contributed by atoms with van der Waals surface area (Å²) in [7, 11) is 0. The number of aliphatic hydroxyl groups is 2. The van der Waals surface area contributed by atoms with Gasteiger partial charge in [0.15, 0.2) is 17.5 Å². The largest absolute Gasteiger partial charge is 0.508 e. The van der Waals surface area contributed by atoms with Crippen molar-refractivity contribution in [1.82, 2.24) is 0 Å². The highest BCUT2D eigenvalue weighted by molar-refractivity contribution is 6.67. The van der Waals surface area contributed by atoms with Crippen molar-refractivity contribution in [2.75, 3.05) is 13.2 Å². The number of fused-ring (bicyclic) bond motifs is 5. The first-order valence-corrected chi connectivity index (χ1v) is 17.0. The molecule has 274 valence electrons. The van der Waals surface area contributed by atoms with E-state index in [0.29, 0.717) is 0 Å². The lowest BCUT2D eigenvalue weighted by Crippen LogP contribution is -2.82. The summed E-state index contributed by atoms with van der Waals surface area (Å²) in [5, 5.41) is 24.6. The molecule has 16 heteroatoms. The molecule has 1 heterocycles. The van der Waals surface area contributed by atoms with Gasteiger partial charge in [0.25, 0.3) is 0 Å². The summed E-state index contributed by atoms with van der Waals surface area (Å²) in [4.78, 5) is 68.0. The van der Waals surface area contributed by atoms with E-state index in [4.69, 9.17) is 63.2 Å². The number of hydrogen-bond acceptors (Lipinski definition) is 13. The average Bonchev–Trinajstić information content (AvgIpc) is 3.01. The molecule has 2 bridgehead atoms. The molecule has 0 spiro atoms. The second-order valence-corrected chi connectivity index (χ2v) is 16.5. The van der Waals surface area contributed by atoms with E-state index < -0.39 is 105 Å². The molecule has 0 aromatic heterocycles. The molecule has 13 nitrogen and oxygen atoms in total. The summed E-state index contributed by atoms with van der Waals surface area (Å²) in [5.74, 6) is -4.97. The smallest absolute Gasteiger partial charge is 0.455 e. The van der Waals surface area contributed by atoms with Gasteiger partial charge in [-0.3, -0.25) is 14.4 Å². The highest BCUT2D eigenvalue weighted by Crippen LogP contribution is 2.64. The first-order chi connectivity index (χ1) is 23.1. The standard InChI is InChI=1S/C34H39Cl3O13/c1-16-20(40)13-33(44)27(49-28(42)19-10-8-7-9-11-19)25-31(6,26(41)24(47-17(2)38)23(16)30(33,4)5)21(48-29(43)46-15-34(35,36)37)12-22-32(25,14-45-22)50-18(3)39/h7-11,20-22,24-25,27,40,44H,12-15H2,1-6H3/t20-,21-,22+,24+,25?,27?,31+,32-,33+/m0/s1. The third-order valence-corrected chi connectivity index (χ3v) is 11.1. The Labute approximate surface area is 303 Å². The molecule has 1 aromatic carbocycles. The van der Waals surface area contributed by atoms with Crippen LogP contribution in [-0.4, -0.2) is 98.8 Å². The molecule has 0 radical (unpaired) electrons. The van der Waals surface area contributed by atoms with Crippen molar-refractivity contribution in [2.45, 2.75) is 99.9 Å². The van der Waals surface area contributed by atoms with Crippen LogP contribution in [0.25, 0.3) is 0 Å². The Morgan fingerprint density at radius 1 is 1.00 bits per heavy atom. The Morgan fingerprint density at radius 2 is 1.64 bits per heavy atom. The van der Waals surface area contributed by atoms with Crippen LogP contribution >= 0.6 is 34.8 Å². The molecule has 50 heavy (non-hydrogen) atoms. The lowest BCUT2D eigenvalue weighted by Gasteiger charge is -2.67. The lowest BCUT2D eigenvalue weighted by molar-refractivity contribution is -0.346. The van der Waals surface area contributed by atoms with E-state index in [1.54, 1.807) is 32.0 Å². The molecule has 9 atom stereocenters. The summed E-state index contributed by atoms with van der Waals surface area (Å²) in [6.07, 6.45) is -9.52. The topological polar surface area (TPSA) is 181 Å². The zero-order valence-electron chi connectivity index (χ0n) is 28.2. The van der Waals surface area contributed by atoms with Gasteiger partial charge >= 0.3 is 24.1 Å². The number of Topliss-reactive ketones (excluding diaryl/α,β-unsaturated/α-hetero) is 1. The van der Waals surface area contributed by atoms with Crippen molar-refractivity contribution in [3.8, 4) is 0 Å². The molecule has 3 fully saturated rings. The molecule has 0 amide bonds. The minimum atomic E-state index is -2.25. The van der Waals surface area contributed by atoms with Crippen LogP contribution in [0, 0.1) is 16.7 Å². The van der Waals surface area contributed by atoms with Gasteiger partial charge < -0.3 is 38.6 Å². The van der Waals surface area contributed by atoms with Crippen LogP contribution in [0.3, 0.4) is 0 Å². The fourth-order valence-corrected chi connectivity index (χ4v) is 8.51. The van der Waals surface area contributed by atoms with Crippen LogP contribution < -0.4 is 0 Å². The molecule has 3 aliphatic carbocycles. The van der Waals surface area contributed by atoms with Crippen LogP contribution in [0.2, 0.25) is 0 Å². The second-order valence-electron chi connectivity index (χ2n) is 14.0. The summed E-state index contributed by atoms with van der Waals surface area (Å²) in [6.45, 7) is 7.27. The first-order valence-electron chi connectivity index (χ1n) is 15.9. The minimum Gasteiger partial charge on any atom is -0.455 e. The van der Waals surface area contributed by atoms with Crippen molar-refractivity contribution in [1.29, 1.82) is 0 Å². The molecular weight excluding hydrogens is 723 g/mol. The molecule has 2 N–H and O–H groups in total. The van der Waals surface area contributed by atoms with E-state index in [2.05, 4.69) is 0 Å². The van der Waals surface area contributed by atoms with Crippen molar-refractivity contribution in [3.05, 3.63) is 47.0 Å². The summed E-state index contributed by atoms with van der Waals surface area (Å²) >= 11 is 17.3. The van der Waals surface area contributed by atoms with Gasteiger partial charge in [-0.25, -0.2) is 9.59 Å². The Kier molecular flexibility index (Phi) is 10.1. The Balaban J connectivity index is 1.82. The van der Waals surface area contributed by atoms with E-state index in [0.717, 1.165) is 13.8 Å². The van der Waals surface area contributed by atoms with Crippen LogP contribution in [-0.2, 0) is 42.8 Å². The highest BCUT2D eigenvalue weighted by atomic mass is 35.6. The second kappa shape index (κ2) is 13.2. The maximum Gasteiger partial charge on any atom is 0.508 e. The maximum absolute atomic E-state index is 15.4. The van der Waals surface area contributed by atoms with E-state index in [1.807, 2.05) is 0 Å². The van der Waals surface area contributed by atoms with Gasteiger partial charge in [0.1, 0.15) is 30.5 Å². The predicted molar refractivity (Wildman–Crippen MR) is 175 cm³/mol. The number of alkyl halides is 3. The number of aliphatic hydroxyl groups excluding tert-OH is 1. The highest BCUT2D eigenvalue weighted by Gasteiger charge is 2.79. The minimum absolute atomic E-state index is 0.0606. The fraction of sp³-hybridized carbons (Fsp3) is 0.618. The number of hydrogen-bond donors (Lipinski definition) is 2. The molecule has 4 aliphatic rings. The van der Waals surface area contributed by atoms with Crippen molar-refractivity contribution < 1.29 is 62.6 Å². The Bertz CT molecular complexity index is 1610. The van der Waals surface area contributed by atoms with Gasteiger partial charge in [-0.05, 0) is 37.1 Å². The molecule has 1 aromatic rings. The quantitative estimate of drug-likeness (QED) is 0.183. The van der Waals surface area contributed by atoms with Crippen LogP contribution in [0.15, 0.2) is 41.5 Å². The molecular formula is C34H39Cl3O13. The number of ether oxygens (including phenoxy) is 6. The third-order valence-electron chi connectivity index (χ3n) is 10.8. The van der Waals surface area contributed by atoms with E-state index >= 15 is 4.79 Å². The number of ketones is 1. The van der Waals surface area contributed by atoms with Crippen molar-refractivity contribution >= 4 is 64.6 Å². The Hall–Kier alpha value is -2.94. The number of rotatable bonds is 6. The van der Waals surface area contributed by atoms with E-state index in [9.17, 15) is 29.4 Å². The summed E-state index contributed by atoms with van der Waals surface area (Å²) < 4.78 is 32.7. The van der Waals surface area contributed by atoms with Gasteiger partial charge in [0, 0.05) is 32.1 Å². The number of halogens is 3. The van der Waals surface area contributed by atoms with Gasteiger partial charge in [-0.15, -0.1) is 0 Å². The van der Waals surface area contributed by atoms with Crippen LogP contribution in [0.4, 0.5) is 4.79 Å². The molecule has 2 saturated carbocycles. The predicted octanol–water partition coefficient (Wildman–Crippen LogP) is 4.18. The number of esters is 3. The SMILES string of the molecule is CC(=O)O[C@H]1C(=O)[C@@]2(C)C(C(OC(=O)c3ccccc3)[C@]3(O)C[C@H](O)C(C)=C1C3(C)C)[C@]1(OC(C)=O)CO[C@@H]1C[C@@H]2OC(=O)OCC(Cl)(Cl)Cl. The monoisotopic (exact) mass is 760 g/mol. The fourth-order valence-electron chi connectivity index (χ4n) is 8.35. The van der Waals surface area contributed by atoms with Gasteiger partial charge in [0.2, 0.25) is 3.79 Å². The summed E-state index contributed by atoms with van der Waals surface area (Å²) in [5.41, 5.74) is -7.26. The van der Waals surface area contributed by atoms with E-state index in [-0.39, 0.29) is 29.7 Å². The number of carbonyl (C=O) groups excluding carboxylic acids is 5. The van der Waals surface area contributed by atoms with Gasteiger partial charge in [-0.2, -0.15) is 0 Å². The lowest BCUT2D eigenvalue weighted by atomic mass is 9.44. The van der Waals surface area contributed by atoms with Gasteiger partial charge in [0.05, 0.1) is 29.6 Å². The number of carbonyl (C=O) groups is 5. The van der Waals surface area contributed by atoms with E-state index in [1.165, 1.54) is 26.0 Å². The first kappa shape index (κ1) is 38.3. The zero-order valence-corrected chi connectivity index (χ0v) is 30.5. The molecule has 1 aliphatic heterocycles. The molecule has 1 saturated heterocycles. The summed E-state index contributed by atoms with van der Waals surface area (Å²) in [6, 6.07) is 7.85. The molecule has 2 unspecified atom stereocenters. The normalized spacial score (nSPS) is 35.9. The molecule has 5 rings (SSSR count). The average molecular weight is 762 g/mol.